The number of aromatic carboxylic acids is 1. The van der Waals surface area contributed by atoms with Gasteiger partial charge in [-0.15, -0.1) is 0 Å². The molecule has 0 aliphatic heterocycles. The lowest BCUT2D eigenvalue weighted by Crippen LogP contribution is -1.99. The Balaban J connectivity index is 2.54. The Kier molecular flexibility index (Phi) is 1.82. The molecule has 2 aromatic heterocycles. The summed E-state index contributed by atoms with van der Waals surface area (Å²) >= 11 is 0. The number of aromatic nitrogens is 2. The van der Waals surface area contributed by atoms with Gasteiger partial charge in [0, 0.05) is 23.2 Å². The van der Waals surface area contributed by atoms with E-state index < -0.39 is 5.97 Å². The van der Waals surface area contributed by atoms with Crippen molar-refractivity contribution in [1.82, 2.24) is 9.97 Å². The van der Waals surface area contributed by atoms with Crippen molar-refractivity contribution in [3.63, 3.8) is 0 Å². The first-order valence-corrected chi connectivity index (χ1v) is 5.03. The SMILES string of the molecule is O=C(O)c1cc2c(ccc3[nH]ccc(=O)c32)[nH]1. The van der Waals surface area contributed by atoms with Gasteiger partial charge in [0.25, 0.3) is 0 Å². The number of hydrogen-bond donors (Lipinski definition) is 3. The number of fused-ring (bicyclic) bond motifs is 3. The van der Waals surface area contributed by atoms with Crippen LogP contribution >= 0.6 is 0 Å². The highest BCUT2D eigenvalue weighted by molar-refractivity contribution is 6.07. The Hall–Kier alpha value is -2.56. The molecular weight excluding hydrogens is 220 g/mol. The highest BCUT2D eigenvalue weighted by Crippen LogP contribution is 2.22. The van der Waals surface area contributed by atoms with Crippen LogP contribution in [0.15, 0.2) is 35.3 Å². The summed E-state index contributed by atoms with van der Waals surface area (Å²) in [6, 6.07) is 6.41. The third kappa shape index (κ3) is 1.32. The van der Waals surface area contributed by atoms with E-state index in [9.17, 15) is 9.59 Å². The fraction of sp³-hybridized carbons (Fsp3) is 0. The van der Waals surface area contributed by atoms with E-state index >= 15 is 0 Å². The Morgan fingerprint density at radius 3 is 2.71 bits per heavy atom. The largest absolute Gasteiger partial charge is 0.477 e. The summed E-state index contributed by atoms with van der Waals surface area (Å²) in [6.07, 6.45) is 1.57. The van der Waals surface area contributed by atoms with Crippen molar-refractivity contribution < 1.29 is 9.90 Å². The van der Waals surface area contributed by atoms with Gasteiger partial charge in [-0.1, -0.05) is 0 Å². The Bertz CT molecular complexity index is 798. The first kappa shape index (κ1) is 9.65. The van der Waals surface area contributed by atoms with Crippen molar-refractivity contribution in [3.05, 3.63) is 46.4 Å². The molecule has 0 radical (unpaired) electrons. The Labute approximate surface area is 94.7 Å². The van der Waals surface area contributed by atoms with Crippen LogP contribution in [0.4, 0.5) is 0 Å². The normalized spacial score (nSPS) is 11.1. The number of rotatable bonds is 1. The van der Waals surface area contributed by atoms with Gasteiger partial charge in [-0.25, -0.2) is 4.79 Å². The van der Waals surface area contributed by atoms with Crippen molar-refractivity contribution in [2.24, 2.45) is 0 Å². The van der Waals surface area contributed by atoms with E-state index in [0.717, 1.165) is 0 Å². The van der Waals surface area contributed by atoms with E-state index in [1.807, 2.05) is 0 Å². The molecule has 0 bridgehead atoms. The minimum Gasteiger partial charge on any atom is -0.477 e. The summed E-state index contributed by atoms with van der Waals surface area (Å²) in [4.78, 5) is 28.4. The summed E-state index contributed by atoms with van der Waals surface area (Å²) in [6.45, 7) is 0. The number of hydrogen-bond acceptors (Lipinski definition) is 2. The number of pyridine rings is 1. The molecule has 0 atom stereocenters. The number of H-pyrrole nitrogens is 2. The number of carboxylic acid groups (broad SMARTS) is 1. The molecule has 1 aromatic carbocycles. The van der Waals surface area contributed by atoms with Crippen LogP contribution < -0.4 is 5.43 Å². The standard InChI is InChI=1S/C12H8N2O3/c15-10-3-4-13-8-2-1-7-6(11(8)10)5-9(14-7)12(16)17/h1-5,14H,(H,13,15)(H,16,17). The second-order valence-corrected chi connectivity index (χ2v) is 3.78. The zero-order valence-corrected chi connectivity index (χ0v) is 8.65. The maximum absolute atomic E-state index is 11.8. The highest BCUT2D eigenvalue weighted by atomic mass is 16.4. The third-order valence-electron chi connectivity index (χ3n) is 2.75. The lowest BCUT2D eigenvalue weighted by Gasteiger charge is -1.97. The van der Waals surface area contributed by atoms with Gasteiger partial charge in [0.05, 0.1) is 10.9 Å². The predicted molar refractivity (Wildman–Crippen MR) is 63.4 cm³/mol. The molecule has 84 valence electrons. The lowest BCUT2D eigenvalue weighted by atomic mass is 10.1. The molecule has 0 spiro atoms. The minimum absolute atomic E-state index is 0.0794. The van der Waals surface area contributed by atoms with Crippen molar-refractivity contribution in [2.45, 2.75) is 0 Å². The van der Waals surface area contributed by atoms with E-state index in [-0.39, 0.29) is 11.1 Å². The lowest BCUT2D eigenvalue weighted by molar-refractivity contribution is 0.0691. The van der Waals surface area contributed by atoms with Crippen molar-refractivity contribution in [3.8, 4) is 0 Å². The van der Waals surface area contributed by atoms with E-state index in [1.54, 1.807) is 18.3 Å². The van der Waals surface area contributed by atoms with Crippen LogP contribution in [0.25, 0.3) is 21.8 Å². The van der Waals surface area contributed by atoms with E-state index in [4.69, 9.17) is 5.11 Å². The summed E-state index contributed by atoms with van der Waals surface area (Å²) in [5.41, 5.74) is 1.29. The van der Waals surface area contributed by atoms with Gasteiger partial charge < -0.3 is 15.1 Å². The molecule has 3 aromatic rings. The van der Waals surface area contributed by atoms with Gasteiger partial charge in [-0.05, 0) is 18.2 Å². The zero-order valence-electron chi connectivity index (χ0n) is 8.65. The molecule has 5 nitrogen and oxygen atoms in total. The maximum atomic E-state index is 11.8. The number of benzene rings is 1. The van der Waals surface area contributed by atoms with E-state index in [1.165, 1.54) is 12.1 Å². The van der Waals surface area contributed by atoms with Crippen LogP contribution in [0.2, 0.25) is 0 Å². The fourth-order valence-corrected chi connectivity index (χ4v) is 2.00. The molecule has 0 aliphatic carbocycles. The average molecular weight is 228 g/mol. The van der Waals surface area contributed by atoms with Gasteiger partial charge >= 0.3 is 5.97 Å². The second-order valence-electron chi connectivity index (χ2n) is 3.78. The van der Waals surface area contributed by atoms with Gasteiger partial charge in [0.15, 0.2) is 5.43 Å². The van der Waals surface area contributed by atoms with Crippen molar-refractivity contribution in [2.75, 3.05) is 0 Å². The molecule has 0 saturated heterocycles. The van der Waals surface area contributed by atoms with Gasteiger partial charge in [0.1, 0.15) is 5.69 Å². The van der Waals surface area contributed by atoms with Crippen LogP contribution in [0.1, 0.15) is 10.5 Å². The number of aromatic amines is 2. The maximum Gasteiger partial charge on any atom is 0.352 e. The average Bonchev–Trinajstić information content (AvgIpc) is 2.73. The van der Waals surface area contributed by atoms with Gasteiger partial charge in [-0.2, -0.15) is 0 Å². The molecule has 17 heavy (non-hydrogen) atoms. The monoisotopic (exact) mass is 228 g/mol. The van der Waals surface area contributed by atoms with E-state index in [0.29, 0.717) is 21.8 Å². The van der Waals surface area contributed by atoms with Gasteiger partial charge in [0.2, 0.25) is 0 Å². The topological polar surface area (TPSA) is 85.9 Å². The quantitative estimate of drug-likeness (QED) is 0.592. The third-order valence-corrected chi connectivity index (χ3v) is 2.75. The molecule has 3 N–H and O–H groups in total. The molecular formula is C12H8N2O3. The number of carbonyl (C=O) groups is 1. The summed E-state index contributed by atoms with van der Waals surface area (Å²) < 4.78 is 0. The predicted octanol–water partition coefficient (Wildman–Crippen LogP) is 1.71. The molecule has 0 unspecified atom stereocenters. The summed E-state index contributed by atoms with van der Waals surface area (Å²) in [5, 5.41) is 10.0. The summed E-state index contributed by atoms with van der Waals surface area (Å²) in [7, 11) is 0. The second kappa shape index (κ2) is 3.21. The van der Waals surface area contributed by atoms with Crippen molar-refractivity contribution >= 4 is 27.8 Å². The van der Waals surface area contributed by atoms with Crippen LogP contribution in [-0.4, -0.2) is 21.0 Å². The van der Waals surface area contributed by atoms with Crippen LogP contribution in [0.5, 0.6) is 0 Å². The van der Waals surface area contributed by atoms with Crippen LogP contribution in [-0.2, 0) is 0 Å². The molecule has 2 heterocycles. The molecule has 0 aliphatic rings. The Morgan fingerprint density at radius 1 is 1.18 bits per heavy atom. The first-order valence-electron chi connectivity index (χ1n) is 5.03. The molecule has 3 rings (SSSR count). The molecule has 0 saturated carbocycles. The zero-order chi connectivity index (χ0) is 12.0. The molecule has 5 heteroatoms. The number of carboxylic acids is 1. The van der Waals surface area contributed by atoms with Gasteiger partial charge in [-0.3, -0.25) is 4.79 Å². The smallest absolute Gasteiger partial charge is 0.352 e. The fourth-order valence-electron chi connectivity index (χ4n) is 2.00. The number of nitrogens with one attached hydrogen (secondary N) is 2. The summed E-state index contributed by atoms with van der Waals surface area (Å²) in [5.74, 6) is -1.04. The highest BCUT2D eigenvalue weighted by Gasteiger charge is 2.11. The molecule has 0 amide bonds. The molecule has 0 fully saturated rings. The van der Waals surface area contributed by atoms with Crippen LogP contribution in [0, 0.1) is 0 Å². The van der Waals surface area contributed by atoms with E-state index in [2.05, 4.69) is 9.97 Å². The van der Waals surface area contributed by atoms with Crippen LogP contribution in [0.3, 0.4) is 0 Å². The Morgan fingerprint density at radius 2 is 1.94 bits per heavy atom. The van der Waals surface area contributed by atoms with Crippen molar-refractivity contribution in [1.29, 1.82) is 0 Å². The minimum atomic E-state index is -1.04. The first-order chi connectivity index (χ1) is 8.16.